The Morgan fingerprint density at radius 2 is 1.88 bits per heavy atom. The van der Waals surface area contributed by atoms with E-state index in [4.69, 9.17) is 5.10 Å². The van der Waals surface area contributed by atoms with E-state index in [0.29, 0.717) is 17.9 Å². The van der Waals surface area contributed by atoms with Gasteiger partial charge >= 0.3 is 0 Å². The molecule has 5 aromatic rings. The molecule has 0 atom stereocenters. The van der Waals surface area contributed by atoms with Crippen molar-refractivity contribution < 1.29 is 13.6 Å². The van der Waals surface area contributed by atoms with Crippen molar-refractivity contribution in [3.05, 3.63) is 89.0 Å². The zero-order valence-electron chi connectivity index (χ0n) is 18.7. The van der Waals surface area contributed by atoms with Crippen LogP contribution in [0.3, 0.4) is 0 Å². The first-order chi connectivity index (χ1) is 16.4. The number of fused-ring (bicyclic) bond motifs is 3. The first-order valence-electron chi connectivity index (χ1n) is 10.9. The summed E-state index contributed by atoms with van der Waals surface area (Å²) in [6, 6.07) is 11.5. The van der Waals surface area contributed by atoms with Gasteiger partial charge in [0.15, 0.2) is 5.65 Å². The molecule has 0 saturated carbocycles. The molecule has 172 valence electrons. The lowest BCUT2D eigenvalue weighted by Crippen LogP contribution is -2.23. The average molecular weight is 460 g/mol. The highest BCUT2D eigenvalue weighted by Gasteiger charge is 2.15. The number of carbonyl (C=O) groups excluding carboxylic acids is 1. The molecule has 0 spiro atoms. The Balaban J connectivity index is 1.32. The standard InChI is InChI=1S/C25H22F2N6O/c1-15-3-4-16(2)19(11-15)21-13-22-25-30-29-23(32(25)9-10-33(22)31-21)7-8-24(34)28-14-17-5-6-18(26)12-20(17)27/h3-6,9-13H,7-8,14H2,1-2H3,(H,28,34). The number of rotatable bonds is 6. The number of nitrogens with one attached hydrogen (secondary N) is 1. The van der Waals surface area contributed by atoms with E-state index >= 15 is 0 Å². The van der Waals surface area contributed by atoms with Crippen LogP contribution < -0.4 is 5.32 Å². The molecule has 3 heterocycles. The van der Waals surface area contributed by atoms with Gasteiger partial charge in [0.1, 0.15) is 23.0 Å². The molecule has 0 radical (unpaired) electrons. The van der Waals surface area contributed by atoms with Crippen molar-refractivity contribution in [2.45, 2.75) is 33.2 Å². The van der Waals surface area contributed by atoms with E-state index in [0.717, 1.165) is 40.0 Å². The van der Waals surface area contributed by atoms with E-state index in [9.17, 15) is 13.6 Å². The molecule has 5 rings (SSSR count). The topological polar surface area (TPSA) is 76.6 Å². The number of carbonyl (C=O) groups is 1. The highest BCUT2D eigenvalue weighted by Crippen LogP contribution is 2.26. The van der Waals surface area contributed by atoms with E-state index in [-0.39, 0.29) is 24.4 Å². The maximum atomic E-state index is 13.7. The number of halogens is 2. The van der Waals surface area contributed by atoms with Gasteiger partial charge in [-0.1, -0.05) is 23.8 Å². The van der Waals surface area contributed by atoms with Gasteiger partial charge in [-0.2, -0.15) is 5.10 Å². The summed E-state index contributed by atoms with van der Waals surface area (Å²) in [5.41, 5.74) is 5.91. The zero-order chi connectivity index (χ0) is 23.8. The van der Waals surface area contributed by atoms with E-state index in [1.807, 2.05) is 29.8 Å². The molecule has 0 bridgehead atoms. The van der Waals surface area contributed by atoms with Gasteiger partial charge in [-0.15, -0.1) is 10.2 Å². The summed E-state index contributed by atoms with van der Waals surface area (Å²) in [7, 11) is 0. The lowest BCUT2D eigenvalue weighted by atomic mass is 10.0. The number of amides is 1. The van der Waals surface area contributed by atoms with Gasteiger partial charge in [-0.05, 0) is 37.6 Å². The van der Waals surface area contributed by atoms with Crippen molar-refractivity contribution in [2.24, 2.45) is 0 Å². The fourth-order valence-corrected chi connectivity index (χ4v) is 3.95. The molecular formula is C25H22F2N6O. The fourth-order valence-electron chi connectivity index (χ4n) is 3.95. The van der Waals surface area contributed by atoms with Gasteiger partial charge in [0.2, 0.25) is 5.91 Å². The third-order valence-corrected chi connectivity index (χ3v) is 5.82. The Kier molecular flexibility index (Phi) is 5.53. The Hall–Kier alpha value is -4.14. The maximum Gasteiger partial charge on any atom is 0.220 e. The molecule has 0 aliphatic rings. The Morgan fingerprint density at radius 3 is 2.71 bits per heavy atom. The Labute approximate surface area is 194 Å². The highest BCUT2D eigenvalue weighted by atomic mass is 19.1. The normalized spacial score (nSPS) is 11.4. The molecule has 1 N–H and O–H groups in total. The molecule has 34 heavy (non-hydrogen) atoms. The van der Waals surface area contributed by atoms with Crippen molar-refractivity contribution >= 4 is 17.1 Å². The van der Waals surface area contributed by atoms with Crippen molar-refractivity contribution in [1.82, 2.24) is 29.5 Å². The minimum Gasteiger partial charge on any atom is -0.352 e. The third kappa shape index (κ3) is 4.12. The minimum atomic E-state index is -0.686. The molecular weight excluding hydrogens is 438 g/mol. The number of aromatic nitrogens is 5. The molecule has 7 nitrogen and oxygen atoms in total. The molecule has 2 aromatic carbocycles. The summed E-state index contributed by atoms with van der Waals surface area (Å²) in [6.07, 6.45) is 4.17. The second-order valence-corrected chi connectivity index (χ2v) is 8.30. The van der Waals surface area contributed by atoms with Crippen LogP contribution in [0, 0.1) is 25.5 Å². The van der Waals surface area contributed by atoms with E-state index in [2.05, 4.69) is 40.6 Å². The van der Waals surface area contributed by atoms with Crippen LogP contribution in [0.4, 0.5) is 8.78 Å². The molecule has 0 saturated heterocycles. The van der Waals surface area contributed by atoms with Gasteiger partial charge in [0, 0.05) is 49.0 Å². The SMILES string of the molecule is Cc1ccc(C)c(-c2cc3c4nnc(CCC(=O)NCc5ccc(F)cc5F)n4ccn3n2)c1. The largest absolute Gasteiger partial charge is 0.352 e. The Morgan fingerprint density at radius 1 is 1.03 bits per heavy atom. The van der Waals surface area contributed by atoms with Crippen LogP contribution in [0.15, 0.2) is 54.9 Å². The summed E-state index contributed by atoms with van der Waals surface area (Å²) < 4.78 is 30.4. The number of benzene rings is 2. The van der Waals surface area contributed by atoms with Crippen LogP contribution in [-0.2, 0) is 17.8 Å². The molecule has 0 unspecified atom stereocenters. The second kappa shape index (κ2) is 8.66. The lowest BCUT2D eigenvalue weighted by Gasteiger charge is -2.06. The van der Waals surface area contributed by atoms with Crippen LogP contribution in [0.5, 0.6) is 0 Å². The van der Waals surface area contributed by atoms with E-state index < -0.39 is 11.6 Å². The molecule has 0 aliphatic carbocycles. The lowest BCUT2D eigenvalue weighted by molar-refractivity contribution is -0.121. The second-order valence-electron chi connectivity index (χ2n) is 8.30. The van der Waals surface area contributed by atoms with E-state index in [1.54, 1.807) is 4.52 Å². The first-order valence-corrected chi connectivity index (χ1v) is 10.9. The van der Waals surface area contributed by atoms with Crippen molar-refractivity contribution in [2.75, 3.05) is 0 Å². The predicted molar refractivity (Wildman–Crippen MR) is 123 cm³/mol. The first kappa shape index (κ1) is 21.7. The van der Waals surface area contributed by atoms with Crippen LogP contribution in [0.2, 0.25) is 0 Å². The zero-order valence-corrected chi connectivity index (χ0v) is 18.7. The summed E-state index contributed by atoms with van der Waals surface area (Å²) in [4.78, 5) is 12.3. The Bertz CT molecular complexity index is 1540. The molecule has 9 heteroatoms. The summed E-state index contributed by atoms with van der Waals surface area (Å²) in [5.74, 6) is -0.966. The molecule has 0 fully saturated rings. The smallest absolute Gasteiger partial charge is 0.220 e. The summed E-state index contributed by atoms with van der Waals surface area (Å²) >= 11 is 0. The summed E-state index contributed by atoms with van der Waals surface area (Å²) in [5, 5.41) is 15.9. The van der Waals surface area contributed by atoms with Gasteiger partial charge in [0.05, 0.1) is 5.69 Å². The van der Waals surface area contributed by atoms with Crippen LogP contribution in [0.25, 0.3) is 22.4 Å². The quantitative estimate of drug-likeness (QED) is 0.412. The minimum absolute atomic E-state index is 0.0108. The van der Waals surface area contributed by atoms with Gasteiger partial charge in [-0.3, -0.25) is 9.20 Å². The number of nitrogens with zero attached hydrogens (tertiary/aromatic N) is 5. The van der Waals surface area contributed by atoms with Crippen LogP contribution in [0.1, 0.15) is 28.9 Å². The van der Waals surface area contributed by atoms with Gasteiger partial charge in [0.25, 0.3) is 0 Å². The van der Waals surface area contributed by atoms with Crippen molar-refractivity contribution in [3.63, 3.8) is 0 Å². The maximum absolute atomic E-state index is 13.7. The van der Waals surface area contributed by atoms with Crippen LogP contribution >= 0.6 is 0 Å². The van der Waals surface area contributed by atoms with Crippen molar-refractivity contribution in [1.29, 1.82) is 0 Å². The van der Waals surface area contributed by atoms with Crippen molar-refractivity contribution in [3.8, 4) is 11.3 Å². The summed E-state index contributed by atoms with van der Waals surface area (Å²) in [6.45, 7) is 4.09. The molecule has 0 aliphatic heterocycles. The van der Waals surface area contributed by atoms with Crippen LogP contribution in [-0.4, -0.2) is 30.1 Å². The number of aryl methyl sites for hydroxylation is 3. The third-order valence-electron chi connectivity index (χ3n) is 5.82. The van der Waals surface area contributed by atoms with Gasteiger partial charge < -0.3 is 5.32 Å². The predicted octanol–water partition coefficient (Wildman–Crippen LogP) is 4.19. The fraction of sp³-hybridized carbons (Fsp3) is 0.200. The van der Waals surface area contributed by atoms with E-state index in [1.165, 1.54) is 6.07 Å². The molecule has 1 amide bonds. The average Bonchev–Trinajstić information content (AvgIpc) is 3.42. The number of hydrogen-bond acceptors (Lipinski definition) is 4. The molecule has 3 aromatic heterocycles. The number of hydrogen-bond donors (Lipinski definition) is 1. The monoisotopic (exact) mass is 460 g/mol. The van der Waals surface area contributed by atoms with Gasteiger partial charge in [-0.25, -0.2) is 13.3 Å². The highest BCUT2D eigenvalue weighted by molar-refractivity contribution is 5.78.